The number of amides is 1. The maximum absolute atomic E-state index is 13.6. The largest absolute Gasteiger partial charge is 0.380 e. The minimum Gasteiger partial charge on any atom is -0.380 e. The molecular weight excluding hydrogens is 513 g/mol. The summed E-state index contributed by atoms with van der Waals surface area (Å²) in [5, 5.41) is 7.36. The summed E-state index contributed by atoms with van der Waals surface area (Å²) in [4.78, 5) is 25.2. The van der Waals surface area contributed by atoms with Gasteiger partial charge in [0.1, 0.15) is 11.5 Å². The van der Waals surface area contributed by atoms with Crippen LogP contribution in [0.5, 0.6) is 0 Å². The Kier molecular flexibility index (Phi) is 7.97. The van der Waals surface area contributed by atoms with Crippen LogP contribution in [0, 0.1) is 11.7 Å². The maximum atomic E-state index is 13.6. The van der Waals surface area contributed by atoms with Crippen molar-refractivity contribution in [1.29, 1.82) is 0 Å². The molecule has 1 aliphatic rings. The van der Waals surface area contributed by atoms with Crippen molar-refractivity contribution in [3.8, 4) is 11.1 Å². The number of hydrogen-bond donors (Lipinski definition) is 3. The molecule has 4 aromatic rings. The summed E-state index contributed by atoms with van der Waals surface area (Å²) in [6.07, 6.45) is 10.1. The van der Waals surface area contributed by atoms with E-state index < -0.39 is 0 Å². The van der Waals surface area contributed by atoms with Crippen molar-refractivity contribution in [2.45, 2.75) is 34.1 Å². The first kappa shape index (κ1) is 27.8. The summed E-state index contributed by atoms with van der Waals surface area (Å²) in [7, 11) is 0. The molecule has 3 N–H and O–H groups in total. The number of nitrogens with one attached hydrogen (secondary N) is 3. The van der Waals surface area contributed by atoms with Crippen LogP contribution < -0.4 is 10.6 Å². The summed E-state index contributed by atoms with van der Waals surface area (Å²) in [5.74, 6) is 0.00117. The lowest BCUT2D eigenvalue weighted by atomic mass is 9.95. The van der Waals surface area contributed by atoms with Crippen LogP contribution in [0.2, 0.25) is 0 Å². The number of carbonyl (C=O) groups excluding carboxylic acids is 1. The van der Waals surface area contributed by atoms with E-state index in [4.69, 9.17) is 4.98 Å². The van der Waals surface area contributed by atoms with E-state index in [1.165, 1.54) is 12.1 Å². The summed E-state index contributed by atoms with van der Waals surface area (Å²) in [6, 6.07) is 12.6. The summed E-state index contributed by atoms with van der Waals surface area (Å²) >= 11 is 0. The molecule has 0 bridgehead atoms. The van der Waals surface area contributed by atoms with Gasteiger partial charge in [-0.1, -0.05) is 50.3 Å². The monoisotopic (exact) mass is 547 g/mol. The van der Waals surface area contributed by atoms with Crippen LogP contribution in [0.25, 0.3) is 33.3 Å². The standard InChI is InChI=1S/C34H34FN5O/c1-20(2)14-24(16-22(5)39-33(41)15-21(3)4)30-17-28-27(11-12-36-32(28)19-38-30)31-18-29-26(10-13-37-34(29)40-31)23-6-8-25(35)9-7-23/h6-11,13-14,16-19,21,36H,1,12,15H2,2-5H3,(H,37,40)(H,39,41)/b22-16+,24-14+. The van der Waals surface area contributed by atoms with E-state index in [-0.39, 0.29) is 17.6 Å². The molecule has 0 radical (unpaired) electrons. The highest BCUT2D eigenvalue weighted by Gasteiger charge is 2.19. The molecule has 41 heavy (non-hydrogen) atoms. The predicted octanol–water partition coefficient (Wildman–Crippen LogP) is 7.65. The molecule has 0 saturated heterocycles. The van der Waals surface area contributed by atoms with Crippen molar-refractivity contribution in [1.82, 2.24) is 20.3 Å². The molecule has 0 aliphatic carbocycles. The average Bonchev–Trinajstić information content (AvgIpc) is 3.36. The van der Waals surface area contributed by atoms with Crippen molar-refractivity contribution in [2.75, 3.05) is 11.9 Å². The molecule has 0 spiro atoms. The molecule has 1 aliphatic heterocycles. The Balaban J connectivity index is 1.53. The minimum atomic E-state index is -0.266. The number of anilines is 1. The van der Waals surface area contributed by atoms with Gasteiger partial charge in [-0.3, -0.25) is 9.78 Å². The van der Waals surface area contributed by atoms with Gasteiger partial charge < -0.3 is 15.6 Å². The van der Waals surface area contributed by atoms with Crippen molar-refractivity contribution in [3.63, 3.8) is 0 Å². The molecule has 208 valence electrons. The fraction of sp³-hybridized carbons (Fsp3) is 0.206. The van der Waals surface area contributed by atoms with Crippen LogP contribution in [0.4, 0.5) is 10.1 Å². The third kappa shape index (κ3) is 6.35. The zero-order valence-electron chi connectivity index (χ0n) is 23.8. The van der Waals surface area contributed by atoms with Crippen molar-refractivity contribution >= 4 is 33.8 Å². The number of aromatic amines is 1. The Morgan fingerprint density at radius 2 is 1.88 bits per heavy atom. The van der Waals surface area contributed by atoms with Crippen LogP contribution >= 0.6 is 0 Å². The molecule has 1 aromatic carbocycles. The second-order valence-electron chi connectivity index (χ2n) is 10.8. The molecule has 6 nitrogen and oxygen atoms in total. The van der Waals surface area contributed by atoms with Gasteiger partial charge in [0.2, 0.25) is 5.91 Å². The van der Waals surface area contributed by atoms with Gasteiger partial charge in [-0.2, -0.15) is 0 Å². The van der Waals surface area contributed by atoms with E-state index in [0.717, 1.165) is 67.2 Å². The summed E-state index contributed by atoms with van der Waals surface area (Å²) < 4.78 is 13.6. The van der Waals surface area contributed by atoms with Crippen LogP contribution in [-0.2, 0) is 4.79 Å². The van der Waals surface area contributed by atoms with Crippen LogP contribution in [-0.4, -0.2) is 27.4 Å². The van der Waals surface area contributed by atoms with Gasteiger partial charge in [0.15, 0.2) is 0 Å². The topological polar surface area (TPSA) is 82.7 Å². The highest BCUT2D eigenvalue weighted by atomic mass is 19.1. The summed E-state index contributed by atoms with van der Waals surface area (Å²) in [5.41, 5.74) is 9.79. The van der Waals surface area contributed by atoms with E-state index in [1.807, 2.05) is 52.1 Å². The van der Waals surface area contributed by atoms with Crippen molar-refractivity contribution < 1.29 is 9.18 Å². The average molecular weight is 548 g/mol. The number of benzene rings is 1. The molecule has 1 amide bonds. The lowest BCUT2D eigenvalue weighted by molar-refractivity contribution is -0.121. The Bertz CT molecular complexity index is 1720. The number of rotatable bonds is 8. The minimum absolute atomic E-state index is 0.0105. The second kappa shape index (κ2) is 11.8. The van der Waals surface area contributed by atoms with Crippen LogP contribution in [0.1, 0.15) is 51.1 Å². The second-order valence-corrected chi connectivity index (χ2v) is 10.8. The van der Waals surface area contributed by atoms with Gasteiger partial charge in [0.05, 0.1) is 17.6 Å². The number of aromatic nitrogens is 3. The summed E-state index contributed by atoms with van der Waals surface area (Å²) in [6.45, 7) is 12.6. The van der Waals surface area contributed by atoms with Crippen LogP contribution in [0.15, 0.2) is 90.9 Å². The third-order valence-electron chi connectivity index (χ3n) is 6.77. The zero-order chi connectivity index (χ0) is 29.1. The number of fused-ring (bicyclic) bond motifs is 2. The number of H-pyrrole nitrogens is 1. The molecule has 0 saturated carbocycles. The Morgan fingerprint density at radius 1 is 1.10 bits per heavy atom. The van der Waals surface area contributed by atoms with E-state index in [2.05, 4.69) is 45.4 Å². The molecule has 5 rings (SSSR count). The Hall–Kier alpha value is -4.78. The van der Waals surface area contributed by atoms with E-state index in [1.54, 1.807) is 18.3 Å². The van der Waals surface area contributed by atoms with Gasteiger partial charge in [-0.15, -0.1) is 0 Å². The molecule has 0 atom stereocenters. The first-order valence-electron chi connectivity index (χ1n) is 13.7. The number of carbonyl (C=O) groups is 1. The number of allylic oxidation sites excluding steroid dienone is 5. The number of pyridine rings is 2. The van der Waals surface area contributed by atoms with E-state index in [0.29, 0.717) is 13.0 Å². The molecule has 4 heterocycles. The fourth-order valence-corrected chi connectivity index (χ4v) is 5.02. The normalized spacial score (nSPS) is 13.6. The SMILES string of the molecule is C=C(C)/C=C(\C=C(/C)NC(=O)CC(C)C)c1cc2c(cn1)NCC=C2c1cc2c(-c3ccc(F)cc3)ccnc2[nH]1. The van der Waals surface area contributed by atoms with E-state index in [9.17, 15) is 9.18 Å². The van der Waals surface area contributed by atoms with Gasteiger partial charge in [0, 0.05) is 52.6 Å². The predicted molar refractivity (Wildman–Crippen MR) is 165 cm³/mol. The first-order chi connectivity index (χ1) is 19.7. The maximum Gasteiger partial charge on any atom is 0.224 e. The fourth-order valence-electron chi connectivity index (χ4n) is 5.02. The van der Waals surface area contributed by atoms with Crippen LogP contribution in [0.3, 0.4) is 0 Å². The first-order valence-corrected chi connectivity index (χ1v) is 13.7. The van der Waals surface area contributed by atoms with Crippen molar-refractivity contribution in [3.05, 3.63) is 114 Å². The Morgan fingerprint density at radius 3 is 2.61 bits per heavy atom. The smallest absolute Gasteiger partial charge is 0.224 e. The molecule has 3 aromatic heterocycles. The zero-order valence-corrected chi connectivity index (χ0v) is 23.8. The van der Waals surface area contributed by atoms with E-state index >= 15 is 0 Å². The number of nitrogens with zero attached hydrogens (tertiary/aromatic N) is 2. The lowest BCUT2D eigenvalue weighted by Crippen LogP contribution is -2.22. The molecule has 7 heteroatoms. The number of hydrogen-bond acceptors (Lipinski definition) is 4. The highest BCUT2D eigenvalue weighted by Crippen LogP contribution is 2.36. The quantitative estimate of drug-likeness (QED) is 0.198. The van der Waals surface area contributed by atoms with Gasteiger partial charge in [-0.25, -0.2) is 9.37 Å². The van der Waals surface area contributed by atoms with Crippen molar-refractivity contribution in [2.24, 2.45) is 5.92 Å². The molecular formula is C34H34FN5O. The van der Waals surface area contributed by atoms with Gasteiger partial charge in [0.25, 0.3) is 0 Å². The molecule has 0 fully saturated rings. The lowest BCUT2D eigenvalue weighted by Gasteiger charge is -2.20. The highest BCUT2D eigenvalue weighted by molar-refractivity contribution is 5.98. The molecule has 0 unspecified atom stereocenters. The van der Waals surface area contributed by atoms with Gasteiger partial charge >= 0.3 is 0 Å². The number of halogens is 1. The Labute approximate surface area is 239 Å². The van der Waals surface area contributed by atoms with Gasteiger partial charge in [-0.05, 0) is 67.3 Å². The third-order valence-corrected chi connectivity index (χ3v) is 6.77.